The van der Waals surface area contributed by atoms with E-state index in [0.717, 1.165) is 22.5 Å². The fourth-order valence-electron chi connectivity index (χ4n) is 4.58. The molecule has 8 nitrogen and oxygen atoms in total. The number of rotatable bonds is 5. The molecule has 1 unspecified atom stereocenters. The summed E-state index contributed by atoms with van der Waals surface area (Å²) in [5, 5.41) is 9.13. The van der Waals surface area contributed by atoms with Crippen LogP contribution in [0.1, 0.15) is 45.4 Å². The Morgan fingerprint density at radius 2 is 1.86 bits per heavy atom. The maximum Gasteiger partial charge on any atom is 0.287 e. The first-order valence-electron chi connectivity index (χ1n) is 11.6. The third-order valence-corrected chi connectivity index (χ3v) is 6.26. The molecule has 1 aromatic heterocycles. The van der Waals surface area contributed by atoms with Gasteiger partial charge in [0.2, 0.25) is 5.91 Å². The van der Waals surface area contributed by atoms with E-state index in [-0.39, 0.29) is 35.6 Å². The fourth-order valence-corrected chi connectivity index (χ4v) is 4.58. The van der Waals surface area contributed by atoms with Gasteiger partial charge in [0.05, 0.1) is 17.9 Å². The summed E-state index contributed by atoms with van der Waals surface area (Å²) in [4.78, 5) is 38.8. The highest BCUT2D eigenvalue weighted by atomic mass is 16.3. The minimum atomic E-state index is -0.268. The summed E-state index contributed by atoms with van der Waals surface area (Å²) in [7, 11) is 0. The molecule has 0 bridgehead atoms. The van der Waals surface area contributed by atoms with E-state index < -0.39 is 0 Å². The van der Waals surface area contributed by atoms with Gasteiger partial charge in [-0.05, 0) is 53.9 Å². The van der Waals surface area contributed by atoms with Gasteiger partial charge < -0.3 is 25.3 Å². The van der Waals surface area contributed by atoms with E-state index in [9.17, 15) is 14.4 Å². The Bertz CT molecular complexity index is 1280. The van der Waals surface area contributed by atoms with Crippen molar-refractivity contribution in [3.05, 3.63) is 83.3 Å². The molecule has 0 radical (unpaired) electrons. The van der Waals surface area contributed by atoms with Crippen molar-refractivity contribution in [2.45, 2.75) is 25.4 Å². The van der Waals surface area contributed by atoms with Gasteiger partial charge in [-0.3, -0.25) is 14.4 Å². The molecule has 8 heteroatoms. The summed E-state index contributed by atoms with van der Waals surface area (Å²) >= 11 is 0. The van der Waals surface area contributed by atoms with Crippen LogP contribution in [0.4, 0.5) is 11.4 Å². The Labute approximate surface area is 203 Å². The summed E-state index contributed by atoms with van der Waals surface area (Å²) < 4.78 is 5.17. The Hall–Kier alpha value is -4.33. The quantitative estimate of drug-likeness (QED) is 0.492. The van der Waals surface area contributed by atoms with Gasteiger partial charge >= 0.3 is 0 Å². The first kappa shape index (κ1) is 22.5. The maximum atomic E-state index is 13.4. The maximum absolute atomic E-state index is 13.4. The minimum Gasteiger partial charge on any atom is -0.459 e. The summed E-state index contributed by atoms with van der Waals surface area (Å²) in [6.07, 6.45) is 6.07. The van der Waals surface area contributed by atoms with Crippen LogP contribution in [-0.4, -0.2) is 47.8 Å². The average Bonchev–Trinajstić information content (AvgIpc) is 3.50. The van der Waals surface area contributed by atoms with Crippen molar-refractivity contribution in [3.8, 4) is 0 Å². The molecular weight excluding hydrogens is 444 g/mol. The lowest BCUT2D eigenvalue weighted by Crippen LogP contribution is -2.39. The number of carbonyl (C=O) groups is 3. The van der Waals surface area contributed by atoms with E-state index in [1.165, 1.54) is 13.2 Å². The van der Waals surface area contributed by atoms with E-state index in [1.54, 1.807) is 12.1 Å². The zero-order valence-corrected chi connectivity index (χ0v) is 19.3. The zero-order chi connectivity index (χ0) is 24.4. The van der Waals surface area contributed by atoms with Crippen LogP contribution in [0.2, 0.25) is 0 Å². The zero-order valence-electron chi connectivity index (χ0n) is 19.3. The Balaban J connectivity index is 1.28. The summed E-state index contributed by atoms with van der Waals surface area (Å²) in [5.74, 6) is -0.151. The van der Waals surface area contributed by atoms with E-state index in [2.05, 4.69) is 16.0 Å². The van der Waals surface area contributed by atoms with Crippen LogP contribution in [0, 0.1) is 0 Å². The second-order valence-corrected chi connectivity index (χ2v) is 8.82. The van der Waals surface area contributed by atoms with Gasteiger partial charge in [-0.15, -0.1) is 0 Å². The number of hydrogen-bond donors (Lipinski definition) is 3. The summed E-state index contributed by atoms with van der Waals surface area (Å²) in [6, 6.07) is 16.5. The number of nitrogens with zero attached hydrogens (tertiary/aromatic N) is 1. The van der Waals surface area contributed by atoms with Crippen LogP contribution in [0.5, 0.6) is 0 Å². The molecule has 3 N–H and O–H groups in total. The molecule has 1 saturated heterocycles. The van der Waals surface area contributed by atoms with Crippen LogP contribution in [0.3, 0.4) is 0 Å². The molecule has 178 valence electrons. The normalized spacial score (nSPS) is 19.0. The number of anilines is 2. The van der Waals surface area contributed by atoms with Gasteiger partial charge in [0, 0.05) is 37.4 Å². The molecule has 0 saturated carbocycles. The number of hydrogen-bond acceptors (Lipinski definition) is 5. The number of benzene rings is 2. The van der Waals surface area contributed by atoms with Gasteiger partial charge in [-0.2, -0.15) is 0 Å². The van der Waals surface area contributed by atoms with E-state index >= 15 is 0 Å². The predicted octanol–water partition coefficient (Wildman–Crippen LogP) is 3.85. The largest absolute Gasteiger partial charge is 0.459 e. The second-order valence-electron chi connectivity index (χ2n) is 8.82. The Kier molecular flexibility index (Phi) is 6.10. The Morgan fingerprint density at radius 1 is 1.09 bits per heavy atom. The fraction of sp³-hybridized carbons (Fsp3) is 0.222. The lowest BCUT2D eigenvalue weighted by atomic mass is 10.1. The van der Waals surface area contributed by atoms with Crippen molar-refractivity contribution in [1.29, 1.82) is 0 Å². The van der Waals surface area contributed by atoms with E-state index in [4.69, 9.17) is 4.42 Å². The monoisotopic (exact) mass is 470 g/mol. The van der Waals surface area contributed by atoms with Gasteiger partial charge in [-0.25, -0.2) is 0 Å². The molecule has 3 aromatic rings. The van der Waals surface area contributed by atoms with Crippen molar-refractivity contribution < 1.29 is 18.8 Å². The molecule has 0 spiro atoms. The van der Waals surface area contributed by atoms with Crippen molar-refractivity contribution in [2.24, 2.45) is 0 Å². The SMILES string of the molecule is CC(=O)Nc1ccc(/C=C/c2ccc3c(c2)C(=O)N2CC(NC(=O)c4ccco4)C[C@H]2CN3)cc1. The van der Waals surface area contributed by atoms with Crippen molar-refractivity contribution in [1.82, 2.24) is 10.2 Å². The van der Waals surface area contributed by atoms with Gasteiger partial charge in [0.25, 0.3) is 11.8 Å². The van der Waals surface area contributed by atoms with Crippen molar-refractivity contribution >= 4 is 41.2 Å². The summed E-state index contributed by atoms with van der Waals surface area (Å²) in [6.45, 7) is 2.56. The molecule has 5 rings (SSSR count). The average molecular weight is 471 g/mol. The Morgan fingerprint density at radius 3 is 2.60 bits per heavy atom. The number of amides is 3. The second kappa shape index (κ2) is 9.50. The summed E-state index contributed by atoms with van der Waals surface area (Å²) in [5.41, 5.74) is 4.07. The predicted molar refractivity (Wildman–Crippen MR) is 134 cm³/mol. The molecule has 3 heterocycles. The minimum absolute atomic E-state index is 0.00193. The highest BCUT2D eigenvalue weighted by molar-refractivity contribution is 6.01. The van der Waals surface area contributed by atoms with Crippen LogP contribution >= 0.6 is 0 Å². The third-order valence-electron chi connectivity index (χ3n) is 6.26. The molecule has 35 heavy (non-hydrogen) atoms. The van der Waals surface area contributed by atoms with Gasteiger partial charge in [0.15, 0.2) is 5.76 Å². The van der Waals surface area contributed by atoms with Gasteiger partial charge in [0.1, 0.15) is 0 Å². The van der Waals surface area contributed by atoms with E-state index in [0.29, 0.717) is 25.1 Å². The molecule has 0 aliphatic carbocycles. The number of carbonyl (C=O) groups excluding carboxylic acids is 3. The smallest absolute Gasteiger partial charge is 0.287 e. The number of nitrogens with one attached hydrogen (secondary N) is 3. The topological polar surface area (TPSA) is 104 Å². The molecule has 2 atom stereocenters. The molecule has 1 fully saturated rings. The number of fused-ring (bicyclic) bond motifs is 2. The standard InChI is InChI=1S/C27H26N4O4/c1-17(32)29-20-9-6-18(7-10-20)4-5-19-8-11-24-23(13-19)27(34)31-16-21(14-22(31)15-28-24)30-26(33)25-3-2-12-35-25/h2-13,21-22,28H,14-16H2,1H3,(H,29,32)(H,30,33)/b5-4+/t21?,22-/m0/s1. The van der Waals surface area contributed by atoms with E-state index in [1.807, 2.05) is 59.5 Å². The third kappa shape index (κ3) is 4.96. The number of furan rings is 1. The first-order chi connectivity index (χ1) is 17.0. The molecular formula is C27H26N4O4. The van der Waals surface area contributed by atoms with Crippen LogP contribution < -0.4 is 16.0 Å². The molecule has 2 aliphatic heterocycles. The lowest BCUT2D eigenvalue weighted by Gasteiger charge is -2.21. The van der Waals surface area contributed by atoms with Crippen LogP contribution in [-0.2, 0) is 4.79 Å². The first-order valence-corrected chi connectivity index (χ1v) is 11.6. The van der Waals surface area contributed by atoms with Gasteiger partial charge in [-0.1, -0.05) is 30.4 Å². The molecule has 3 amide bonds. The van der Waals surface area contributed by atoms with Crippen molar-refractivity contribution in [3.63, 3.8) is 0 Å². The van der Waals surface area contributed by atoms with Crippen LogP contribution in [0.15, 0.2) is 65.3 Å². The highest BCUT2D eigenvalue weighted by Gasteiger charge is 2.39. The van der Waals surface area contributed by atoms with Crippen LogP contribution in [0.25, 0.3) is 12.2 Å². The molecule has 2 aromatic carbocycles. The highest BCUT2D eigenvalue weighted by Crippen LogP contribution is 2.29. The molecule has 2 aliphatic rings. The lowest BCUT2D eigenvalue weighted by molar-refractivity contribution is -0.114. The van der Waals surface area contributed by atoms with Crippen molar-refractivity contribution in [2.75, 3.05) is 23.7 Å².